The number of aliphatic hydroxyl groups is 1. The second kappa shape index (κ2) is 12.1. The van der Waals surface area contributed by atoms with E-state index in [9.17, 15) is 15.0 Å². The molecule has 0 radical (unpaired) electrons. The number of piperidine rings is 1. The first kappa shape index (κ1) is 25.1. The summed E-state index contributed by atoms with van der Waals surface area (Å²) in [5, 5.41) is 21.5. The zero-order chi connectivity index (χ0) is 24.6. The van der Waals surface area contributed by atoms with Crippen LogP contribution in [-0.2, 0) is 11.2 Å². The van der Waals surface area contributed by atoms with Crippen molar-refractivity contribution in [2.45, 2.75) is 44.6 Å². The van der Waals surface area contributed by atoms with Gasteiger partial charge in [0, 0.05) is 36.9 Å². The number of carbonyl (C=O) groups is 1. The van der Waals surface area contributed by atoms with E-state index < -0.39 is 12.1 Å². The number of benzene rings is 1. The lowest BCUT2D eigenvalue weighted by molar-refractivity contribution is -0.139. The van der Waals surface area contributed by atoms with Gasteiger partial charge in [0.15, 0.2) is 0 Å². The number of nitrogens with zero attached hydrogens (tertiary/aromatic N) is 3. The molecule has 0 spiro atoms. The Bertz CT molecular complexity index is 1110. The third kappa shape index (κ3) is 6.77. The molecule has 2 aromatic heterocycles. The Kier molecular flexibility index (Phi) is 8.66. The highest BCUT2D eigenvalue weighted by atomic mass is 16.5. The fourth-order valence-electron chi connectivity index (χ4n) is 5.34. The van der Waals surface area contributed by atoms with E-state index in [1.54, 1.807) is 19.5 Å². The van der Waals surface area contributed by atoms with Crippen LogP contribution in [0.4, 0.5) is 0 Å². The Balaban J connectivity index is 1.35. The van der Waals surface area contributed by atoms with E-state index in [0.29, 0.717) is 6.42 Å². The van der Waals surface area contributed by atoms with Crippen molar-refractivity contribution in [1.82, 2.24) is 14.9 Å². The summed E-state index contributed by atoms with van der Waals surface area (Å²) in [4.78, 5) is 22.6. The molecule has 3 atom stereocenters. The van der Waals surface area contributed by atoms with Gasteiger partial charge in [-0.3, -0.25) is 14.8 Å². The lowest BCUT2D eigenvalue weighted by atomic mass is 9.79. The number of hydrogen-bond acceptors (Lipinski definition) is 6. The predicted molar refractivity (Wildman–Crippen MR) is 135 cm³/mol. The second-order valence-corrected chi connectivity index (χ2v) is 9.55. The molecular formula is C28H35N3O4. The quantitative estimate of drug-likeness (QED) is 0.420. The SMILES string of the molecule is COc1ccc2nccc([C@@H](O)CC[C@@H]3CCN(CCCc4cccnc4)C[C@@H]3CC(=O)O)c2c1. The van der Waals surface area contributed by atoms with Crippen LogP contribution >= 0.6 is 0 Å². The molecule has 1 saturated heterocycles. The first-order valence-corrected chi connectivity index (χ1v) is 12.5. The number of rotatable bonds is 11. The fraction of sp³-hybridized carbons (Fsp3) is 0.464. The van der Waals surface area contributed by atoms with Crippen LogP contribution in [0.25, 0.3) is 10.9 Å². The molecule has 2 N–H and O–H groups in total. The number of carboxylic acids is 1. The Labute approximate surface area is 206 Å². The smallest absolute Gasteiger partial charge is 0.303 e. The van der Waals surface area contributed by atoms with Crippen LogP contribution in [0.3, 0.4) is 0 Å². The van der Waals surface area contributed by atoms with E-state index in [2.05, 4.69) is 20.9 Å². The Morgan fingerprint density at radius 3 is 2.89 bits per heavy atom. The highest BCUT2D eigenvalue weighted by Gasteiger charge is 2.31. The molecule has 3 aromatic rings. The molecule has 1 aliphatic heterocycles. The lowest BCUT2D eigenvalue weighted by Gasteiger charge is -2.38. The third-order valence-corrected chi connectivity index (χ3v) is 7.23. The summed E-state index contributed by atoms with van der Waals surface area (Å²) in [6, 6.07) is 11.6. The molecule has 186 valence electrons. The summed E-state index contributed by atoms with van der Waals surface area (Å²) in [5.74, 6) is 0.375. The minimum atomic E-state index is -0.745. The average molecular weight is 478 g/mol. The van der Waals surface area contributed by atoms with Crippen molar-refractivity contribution in [2.75, 3.05) is 26.7 Å². The first-order valence-electron chi connectivity index (χ1n) is 12.5. The van der Waals surface area contributed by atoms with Crippen LogP contribution in [0.5, 0.6) is 5.75 Å². The van der Waals surface area contributed by atoms with E-state index in [0.717, 1.165) is 67.5 Å². The van der Waals surface area contributed by atoms with Crippen molar-refractivity contribution in [3.8, 4) is 5.75 Å². The number of likely N-dealkylation sites (tertiary alicyclic amines) is 1. The molecule has 35 heavy (non-hydrogen) atoms. The number of aryl methyl sites for hydroxylation is 1. The fourth-order valence-corrected chi connectivity index (χ4v) is 5.34. The van der Waals surface area contributed by atoms with Crippen LogP contribution in [0.2, 0.25) is 0 Å². The first-order chi connectivity index (χ1) is 17.0. The molecule has 0 aliphatic carbocycles. The molecule has 7 nitrogen and oxygen atoms in total. The van der Waals surface area contributed by atoms with E-state index in [1.165, 1.54) is 5.56 Å². The lowest BCUT2D eigenvalue weighted by Crippen LogP contribution is -2.42. The molecule has 3 heterocycles. The van der Waals surface area contributed by atoms with Gasteiger partial charge in [0.25, 0.3) is 0 Å². The molecule has 0 saturated carbocycles. The average Bonchev–Trinajstić information content (AvgIpc) is 2.87. The van der Waals surface area contributed by atoms with Crippen LogP contribution < -0.4 is 4.74 Å². The standard InChI is InChI=1S/C28H35N3O4/c1-35-23-7-8-26-25(17-23)24(10-13-30-26)27(32)9-6-21-11-15-31(19-22(21)16-28(33)34)14-3-5-20-4-2-12-29-18-20/h2,4,7-8,10,12-13,17-18,21-22,27,32H,3,5-6,9,11,14-16,19H2,1H3,(H,33,34)/t21-,22+,27+/m1/s1. The number of fused-ring (bicyclic) bond motifs is 1. The highest BCUT2D eigenvalue weighted by molar-refractivity contribution is 5.83. The molecule has 1 fully saturated rings. The molecule has 0 amide bonds. The molecule has 0 unspecified atom stereocenters. The molecular weight excluding hydrogens is 442 g/mol. The topological polar surface area (TPSA) is 95.8 Å². The monoisotopic (exact) mass is 477 g/mol. The van der Waals surface area contributed by atoms with Crippen molar-refractivity contribution in [2.24, 2.45) is 11.8 Å². The van der Waals surface area contributed by atoms with Crippen LogP contribution in [0.1, 0.15) is 49.3 Å². The highest BCUT2D eigenvalue weighted by Crippen LogP contribution is 2.34. The van der Waals surface area contributed by atoms with Crippen LogP contribution in [0.15, 0.2) is 55.0 Å². The molecule has 7 heteroatoms. The van der Waals surface area contributed by atoms with E-state index in [4.69, 9.17) is 4.74 Å². The van der Waals surface area contributed by atoms with Crippen molar-refractivity contribution in [1.29, 1.82) is 0 Å². The van der Waals surface area contributed by atoms with Crippen LogP contribution in [-0.4, -0.2) is 57.8 Å². The number of aliphatic carboxylic acids is 1. The number of hydrogen-bond donors (Lipinski definition) is 2. The van der Waals surface area contributed by atoms with Gasteiger partial charge >= 0.3 is 5.97 Å². The summed E-state index contributed by atoms with van der Waals surface area (Å²) in [6.45, 7) is 2.74. The van der Waals surface area contributed by atoms with Crippen molar-refractivity contribution in [3.63, 3.8) is 0 Å². The number of aromatic nitrogens is 2. The van der Waals surface area contributed by atoms with E-state index in [1.807, 2.05) is 36.5 Å². The maximum absolute atomic E-state index is 11.6. The normalized spacial score (nSPS) is 19.5. The Hall–Kier alpha value is -3.03. The van der Waals surface area contributed by atoms with Crippen molar-refractivity contribution >= 4 is 16.9 Å². The predicted octanol–water partition coefficient (Wildman–Crippen LogP) is 4.50. The molecule has 0 bridgehead atoms. The zero-order valence-electron chi connectivity index (χ0n) is 20.3. The van der Waals surface area contributed by atoms with E-state index >= 15 is 0 Å². The summed E-state index contributed by atoms with van der Waals surface area (Å²) in [6.07, 6.45) is 9.34. The van der Waals surface area contributed by atoms with Gasteiger partial charge in [-0.15, -0.1) is 0 Å². The van der Waals surface area contributed by atoms with Gasteiger partial charge in [-0.05, 0) is 98.5 Å². The summed E-state index contributed by atoms with van der Waals surface area (Å²) in [7, 11) is 1.63. The number of carboxylic acid groups (broad SMARTS) is 1. The maximum Gasteiger partial charge on any atom is 0.303 e. The van der Waals surface area contributed by atoms with Crippen molar-refractivity contribution in [3.05, 3.63) is 66.1 Å². The van der Waals surface area contributed by atoms with Gasteiger partial charge in [0.2, 0.25) is 0 Å². The maximum atomic E-state index is 11.6. The molecule has 4 rings (SSSR count). The van der Waals surface area contributed by atoms with Gasteiger partial charge in [-0.2, -0.15) is 0 Å². The zero-order valence-corrected chi connectivity index (χ0v) is 20.3. The molecule has 1 aliphatic rings. The number of ether oxygens (including phenoxy) is 1. The van der Waals surface area contributed by atoms with Gasteiger partial charge in [-0.1, -0.05) is 6.07 Å². The number of methoxy groups -OCH3 is 1. The Morgan fingerprint density at radius 1 is 1.23 bits per heavy atom. The second-order valence-electron chi connectivity index (χ2n) is 9.55. The minimum Gasteiger partial charge on any atom is -0.497 e. The summed E-state index contributed by atoms with van der Waals surface area (Å²) in [5.41, 5.74) is 2.90. The Morgan fingerprint density at radius 2 is 2.11 bits per heavy atom. The van der Waals surface area contributed by atoms with Crippen molar-refractivity contribution < 1.29 is 19.7 Å². The van der Waals surface area contributed by atoms with Gasteiger partial charge in [0.05, 0.1) is 18.7 Å². The van der Waals surface area contributed by atoms with Gasteiger partial charge in [-0.25, -0.2) is 0 Å². The summed E-state index contributed by atoms with van der Waals surface area (Å²) < 4.78 is 5.35. The van der Waals surface area contributed by atoms with E-state index in [-0.39, 0.29) is 18.3 Å². The number of pyridine rings is 2. The van der Waals surface area contributed by atoms with Crippen LogP contribution in [0, 0.1) is 11.8 Å². The van der Waals surface area contributed by atoms with Gasteiger partial charge < -0.3 is 19.8 Å². The third-order valence-electron chi connectivity index (χ3n) is 7.23. The minimum absolute atomic E-state index is 0.0983. The number of aliphatic hydroxyl groups excluding tert-OH is 1. The summed E-state index contributed by atoms with van der Waals surface area (Å²) >= 11 is 0. The molecule has 1 aromatic carbocycles. The largest absolute Gasteiger partial charge is 0.497 e. The van der Waals surface area contributed by atoms with Gasteiger partial charge in [0.1, 0.15) is 5.75 Å².